The molecule has 1 aromatic rings. The number of rotatable bonds is 4. The summed E-state index contributed by atoms with van der Waals surface area (Å²) >= 11 is 0. The van der Waals surface area contributed by atoms with Crippen LogP contribution in [0.25, 0.3) is 0 Å². The lowest BCUT2D eigenvalue weighted by atomic mass is 10.2. The van der Waals surface area contributed by atoms with Gasteiger partial charge in [-0.15, -0.1) is 6.58 Å². The van der Waals surface area contributed by atoms with Crippen LogP contribution in [0.1, 0.15) is 17.3 Å². The minimum absolute atomic E-state index is 0.0115. The van der Waals surface area contributed by atoms with Crippen molar-refractivity contribution in [3.05, 3.63) is 42.5 Å². The normalized spacial score (nSPS) is 9.67. The second kappa shape index (κ2) is 5.20. The first-order chi connectivity index (χ1) is 7.19. The molecule has 0 saturated carbocycles. The van der Waals surface area contributed by atoms with Crippen LogP contribution < -0.4 is 5.73 Å². The summed E-state index contributed by atoms with van der Waals surface area (Å²) in [5, 5.41) is 0. The van der Waals surface area contributed by atoms with Crippen molar-refractivity contribution in [2.24, 2.45) is 0 Å². The van der Waals surface area contributed by atoms with E-state index in [1.54, 1.807) is 35.2 Å². The molecule has 0 unspecified atom stereocenters. The van der Waals surface area contributed by atoms with E-state index >= 15 is 0 Å². The van der Waals surface area contributed by atoms with Crippen molar-refractivity contribution in [3.63, 3.8) is 0 Å². The Morgan fingerprint density at radius 3 is 2.53 bits per heavy atom. The van der Waals surface area contributed by atoms with E-state index < -0.39 is 0 Å². The van der Waals surface area contributed by atoms with Gasteiger partial charge in [0, 0.05) is 24.3 Å². The third-order valence-electron chi connectivity index (χ3n) is 2.18. The van der Waals surface area contributed by atoms with E-state index in [0.717, 1.165) is 0 Å². The third-order valence-corrected chi connectivity index (χ3v) is 2.18. The molecule has 0 atom stereocenters. The maximum atomic E-state index is 11.9. The maximum absolute atomic E-state index is 11.9. The molecule has 0 spiro atoms. The van der Waals surface area contributed by atoms with Gasteiger partial charge in [-0.25, -0.2) is 0 Å². The first-order valence-corrected chi connectivity index (χ1v) is 4.94. The first-order valence-electron chi connectivity index (χ1n) is 4.94. The van der Waals surface area contributed by atoms with E-state index in [9.17, 15) is 4.79 Å². The maximum Gasteiger partial charge on any atom is 0.254 e. The molecule has 1 amide bonds. The summed E-state index contributed by atoms with van der Waals surface area (Å²) < 4.78 is 0. The van der Waals surface area contributed by atoms with Crippen LogP contribution in [0.5, 0.6) is 0 Å². The van der Waals surface area contributed by atoms with E-state index in [-0.39, 0.29) is 5.91 Å². The van der Waals surface area contributed by atoms with Crippen LogP contribution in [0.4, 0.5) is 5.69 Å². The molecule has 3 heteroatoms. The number of anilines is 1. The van der Waals surface area contributed by atoms with E-state index in [1.165, 1.54) is 0 Å². The molecule has 0 aromatic heterocycles. The number of nitrogens with zero attached hydrogens (tertiary/aromatic N) is 1. The highest BCUT2D eigenvalue weighted by Crippen LogP contribution is 2.08. The Kier molecular flexibility index (Phi) is 3.92. The van der Waals surface area contributed by atoms with Crippen molar-refractivity contribution in [1.82, 2.24) is 4.90 Å². The number of nitrogen functional groups attached to an aromatic ring is 1. The fourth-order valence-corrected chi connectivity index (χ4v) is 1.32. The molecule has 0 aliphatic rings. The molecule has 1 rings (SSSR count). The topological polar surface area (TPSA) is 46.3 Å². The van der Waals surface area contributed by atoms with Crippen LogP contribution in [-0.2, 0) is 0 Å². The van der Waals surface area contributed by atoms with Gasteiger partial charge in [0.05, 0.1) is 0 Å². The van der Waals surface area contributed by atoms with Crippen LogP contribution in [0, 0.1) is 0 Å². The molecule has 15 heavy (non-hydrogen) atoms. The molecule has 2 N–H and O–H groups in total. The largest absolute Gasteiger partial charge is 0.399 e. The number of carbonyl (C=O) groups is 1. The van der Waals surface area contributed by atoms with Crippen molar-refractivity contribution in [3.8, 4) is 0 Å². The number of nitrogens with two attached hydrogens (primary N) is 1. The van der Waals surface area contributed by atoms with Crippen molar-refractivity contribution in [2.75, 3.05) is 18.8 Å². The molecule has 0 aliphatic carbocycles. The van der Waals surface area contributed by atoms with Gasteiger partial charge in [-0.05, 0) is 31.2 Å². The summed E-state index contributed by atoms with van der Waals surface area (Å²) in [6.45, 7) is 6.81. The number of benzene rings is 1. The lowest BCUT2D eigenvalue weighted by molar-refractivity contribution is 0.0782. The Labute approximate surface area is 90.2 Å². The van der Waals surface area contributed by atoms with Crippen LogP contribution >= 0.6 is 0 Å². The molecular weight excluding hydrogens is 188 g/mol. The number of amides is 1. The molecule has 0 aliphatic heterocycles. The van der Waals surface area contributed by atoms with Crippen molar-refractivity contribution in [1.29, 1.82) is 0 Å². The molecule has 0 bridgehead atoms. The van der Waals surface area contributed by atoms with E-state index in [4.69, 9.17) is 5.73 Å². The van der Waals surface area contributed by atoms with Gasteiger partial charge >= 0.3 is 0 Å². The summed E-state index contributed by atoms with van der Waals surface area (Å²) in [5.74, 6) is 0.0115. The minimum Gasteiger partial charge on any atom is -0.399 e. The summed E-state index contributed by atoms with van der Waals surface area (Å²) in [7, 11) is 0. The van der Waals surface area contributed by atoms with Crippen molar-refractivity contribution >= 4 is 11.6 Å². The molecule has 0 radical (unpaired) electrons. The highest BCUT2D eigenvalue weighted by Gasteiger charge is 2.11. The summed E-state index contributed by atoms with van der Waals surface area (Å²) in [6, 6.07) is 6.94. The highest BCUT2D eigenvalue weighted by atomic mass is 16.2. The standard InChI is InChI=1S/C12H16N2O/c1-3-9-14(4-2)12(15)10-5-7-11(13)8-6-10/h3,5-8H,1,4,9,13H2,2H3. The van der Waals surface area contributed by atoms with E-state index in [0.29, 0.717) is 24.3 Å². The van der Waals surface area contributed by atoms with Crippen molar-refractivity contribution in [2.45, 2.75) is 6.92 Å². The zero-order valence-electron chi connectivity index (χ0n) is 8.94. The van der Waals surface area contributed by atoms with Gasteiger partial charge in [-0.3, -0.25) is 4.79 Å². The van der Waals surface area contributed by atoms with Crippen LogP contribution in [0.2, 0.25) is 0 Å². The number of likely N-dealkylation sites (N-methyl/N-ethyl adjacent to an activating group) is 1. The second-order valence-corrected chi connectivity index (χ2v) is 3.25. The monoisotopic (exact) mass is 204 g/mol. The Morgan fingerprint density at radius 1 is 1.47 bits per heavy atom. The number of hydrogen-bond acceptors (Lipinski definition) is 2. The smallest absolute Gasteiger partial charge is 0.254 e. The van der Waals surface area contributed by atoms with Gasteiger partial charge in [0.1, 0.15) is 0 Å². The lowest BCUT2D eigenvalue weighted by Crippen LogP contribution is -2.30. The Hall–Kier alpha value is -1.77. The van der Waals surface area contributed by atoms with Gasteiger partial charge < -0.3 is 10.6 Å². The summed E-state index contributed by atoms with van der Waals surface area (Å²) in [6.07, 6.45) is 1.72. The van der Waals surface area contributed by atoms with E-state index in [2.05, 4.69) is 6.58 Å². The SMILES string of the molecule is C=CCN(CC)C(=O)c1ccc(N)cc1. The molecule has 0 heterocycles. The predicted octanol–water partition coefficient (Wildman–Crippen LogP) is 1.92. The quantitative estimate of drug-likeness (QED) is 0.601. The van der Waals surface area contributed by atoms with Gasteiger partial charge in [-0.1, -0.05) is 6.08 Å². The molecule has 1 aromatic carbocycles. The van der Waals surface area contributed by atoms with Crippen LogP contribution in [-0.4, -0.2) is 23.9 Å². The molecule has 80 valence electrons. The lowest BCUT2D eigenvalue weighted by Gasteiger charge is -2.18. The zero-order chi connectivity index (χ0) is 11.3. The number of hydrogen-bond donors (Lipinski definition) is 1. The summed E-state index contributed by atoms with van der Waals surface area (Å²) in [4.78, 5) is 13.6. The third kappa shape index (κ3) is 2.84. The Morgan fingerprint density at radius 2 is 2.07 bits per heavy atom. The van der Waals surface area contributed by atoms with Gasteiger partial charge in [0.2, 0.25) is 0 Å². The minimum atomic E-state index is 0.0115. The Bertz CT molecular complexity index is 343. The highest BCUT2D eigenvalue weighted by molar-refractivity contribution is 5.94. The molecule has 3 nitrogen and oxygen atoms in total. The van der Waals surface area contributed by atoms with Crippen molar-refractivity contribution < 1.29 is 4.79 Å². The number of carbonyl (C=O) groups excluding carboxylic acids is 1. The van der Waals surface area contributed by atoms with E-state index in [1.807, 2.05) is 6.92 Å². The van der Waals surface area contributed by atoms with Gasteiger partial charge in [-0.2, -0.15) is 0 Å². The van der Waals surface area contributed by atoms with Crippen LogP contribution in [0.15, 0.2) is 36.9 Å². The Balaban J connectivity index is 2.82. The molecule has 0 saturated heterocycles. The predicted molar refractivity (Wildman–Crippen MR) is 62.6 cm³/mol. The average molecular weight is 204 g/mol. The molecular formula is C12H16N2O. The summed E-state index contributed by atoms with van der Waals surface area (Å²) in [5.41, 5.74) is 6.88. The van der Waals surface area contributed by atoms with Gasteiger partial charge in [0.15, 0.2) is 0 Å². The average Bonchev–Trinajstić information content (AvgIpc) is 2.26. The fourth-order valence-electron chi connectivity index (χ4n) is 1.32. The fraction of sp³-hybridized carbons (Fsp3) is 0.250. The second-order valence-electron chi connectivity index (χ2n) is 3.25. The van der Waals surface area contributed by atoms with Crippen LogP contribution in [0.3, 0.4) is 0 Å². The zero-order valence-corrected chi connectivity index (χ0v) is 8.94. The molecule has 0 fully saturated rings. The van der Waals surface area contributed by atoms with Gasteiger partial charge in [0.25, 0.3) is 5.91 Å². The first kappa shape index (κ1) is 11.3.